The highest BCUT2D eigenvalue weighted by Gasteiger charge is 2.32. The number of aliphatic hydroxyl groups excluding tert-OH is 1. The van der Waals surface area contributed by atoms with Gasteiger partial charge in [0, 0.05) is 0 Å². The largest absolute Gasteiger partial charge is 0.389 e. The minimum atomic E-state index is -0.205. The molecule has 0 aromatic carbocycles. The molecule has 0 amide bonds. The van der Waals surface area contributed by atoms with Crippen LogP contribution in [-0.2, 0) is 0 Å². The molecule has 0 aliphatic heterocycles. The van der Waals surface area contributed by atoms with Gasteiger partial charge in [-0.15, -0.1) is 0 Å². The SMILES string of the molecule is CCC1C[C@@H](C(C)(C)CC)C=C[C@H]1O. The number of allylic oxidation sites excluding steroid dienone is 1. The summed E-state index contributed by atoms with van der Waals surface area (Å²) in [5.74, 6) is 1.11. The van der Waals surface area contributed by atoms with Gasteiger partial charge in [0.15, 0.2) is 0 Å². The summed E-state index contributed by atoms with van der Waals surface area (Å²) >= 11 is 0. The van der Waals surface area contributed by atoms with Gasteiger partial charge < -0.3 is 5.11 Å². The minimum absolute atomic E-state index is 0.205. The van der Waals surface area contributed by atoms with Gasteiger partial charge in [-0.1, -0.05) is 52.7 Å². The monoisotopic (exact) mass is 196 g/mol. The molecule has 1 N–H and O–H groups in total. The summed E-state index contributed by atoms with van der Waals surface area (Å²) in [6.07, 6.45) is 7.45. The first-order chi connectivity index (χ1) is 6.51. The molecule has 1 nitrogen and oxygen atoms in total. The van der Waals surface area contributed by atoms with E-state index in [-0.39, 0.29) is 6.10 Å². The van der Waals surface area contributed by atoms with Crippen molar-refractivity contribution < 1.29 is 5.11 Å². The Balaban J connectivity index is 2.71. The second-order valence-electron chi connectivity index (χ2n) is 5.23. The van der Waals surface area contributed by atoms with Gasteiger partial charge in [-0.25, -0.2) is 0 Å². The lowest BCUT2D eigenvalue weighted by molar-refractivity contribution is 0.0966. The molecular weight excluding hydrogens is 172 g/mol. The molecule has 0 heterocycles. The van der Waals surface area contributed by atoms with Crippen molar-refractivity contribution in [3.8, 4) is 0 Å². The van der Waals surface area contributed by atoms with Gasteiger partial charge in [0.2, 0.25) is 0 Å². The Kier molecular flexibility index (Phi) is 3.77. The molecule has 0 saturated heterocycles. The van der Waals surface area contributed by atoms with Gasteiger partial charge in [-0.05, 0) is 23.7 Å². The van der Waals surface area contributed by atoms with E-state index in [2.05, 4.69) is 33.8 Å². The summed E-state index contributed by atoms with van der Waals surface area (Å²) in [7, 11) is 0. The van der Waals surface area contributed by atoms with Gasteiger partial charge in [0.05, 0.1) is 6.10 Å². The molecule has 0 fully saturated rings. The maximum atomic E-state index is 9.74. The topological polar surface area (TPSA) is 20.2 Å². The summed E-state index contributed by atoms with van der Waals surface area (Å²) in [5.41, 5.74) is 0.379. The van der Waals surface area contributed by atoms with Crippen molar-refractivity contribution in [3.05, 3.63) is 12.2 Å². The predicted molar refractivity (Wildman–Crippen MR) is 61.1 cm³/mol. The third kappa shape index (κ3) is 2.38. The van der Waals surface area contributed by atoms with Crippen LogP contribution in [0.2, 0.25) is 0 Å². The zero-order valence-electron chi connectivity index (χ0n) is 9.96. The van der Waals surface area contributed by atoms with E-state index in [4.69, 9.17) is 0 Å². The lowest BCUT2D eigenvalue weighted by Gasteiger charge is -2.37. The lowest BCUT2D eigenvalue weighted by atomic mass is 9.69. The van der Waals surface area contributed by atoms with Crippen molar-refractivity contribution in [1.82, 2.24) is 0 Å². The van der Waals surface area contributed by atoms with Crippen LogP contribution in [0.1, 0.15) is 47.0 Å². The van der Waals surface area contributed by atoms with Crippen LogP contribution in [0.5, 0.6) is 0 Å². The fourth-order valence-corrected chi connectivity index (χ4v) is 2.20. The molecule has 1 aliphatic rings. The molecule has 1 rings (SSSR count). The number of hydrogen-bond acceptors (Lipinski definition) is 1. The zero-order valence-corrected chi connectivity index (χ0v) is 9.96. The first kappa shape index (κ1) is 11.8. The second-order valence-corrected chi connectivity index (χ2v) is 5.23. The maximum absolute atomic E-state index is 9.74. The first-order valence-electron chi connectivity index (χ1n) is 5.87. The third-order valence-electron chi connectivity index (χ3n) is 4.02. The average Bonchev–Trinajstić information content (AvgIpc) is 2.18. The molecule has 1 heteroatoms. The summed E-state index contributed by atoms with van der Waals surface area (Å²) in [4.78, 5) is 0. The van der Waals surface area contributed by atoms with E-state index in [9.17, 15) is 5.11 Å². The molecule has 1 aliphatic carbocycles. The fourth-order valence-electron chi connectivity index (χ4n) is 2.20. The van der Waals surface area contributed by atoms with E-state index in [0.717, 1.165) is 12.8 Å². The van der Waals surface area contributed by atoms with Crippen LogP contribution < -0.4 is 0 Å². The lowest BCUT2D eigenvalue weighted by Crippen LogP contribution is -2.31. The first-order valence-corrected chi connectivity index (χ1v) is 5.87. The summed E-state index contributed by atoms with van der Waals surface area (Å²) in [6, 6.07) is 0. The fraction of sp³-hybridized carbons (Fsp3) is 0.846. The molecule has 0 saturated carbocycles. The summed E-state index contributed by atoms with van der Waals surface area (Å²) in [5, 5.41) is 9.74. The molecule has 0 bridgehead atoms. The smallest absolute Gasteiger partial charge is 0.0749 e. The van der Waals surface area contributed by atoms with Gasteiger partial charge in [0.1, 0.15) is 0 Å². The van der Waals surface area contributed by atoms with E-state index in [0.29, 0.717) is 17.3 Å². The van der Waals surface area contributed by atoms with Crippen molar-refractivity contribution >= 4 is 0 Å². The van der Waals surface area contributed by atoms with Crippen LogP contribution in [0.15, 0.2) is 12.2 Å². The van der Waals surface area contributed by atoms with Crippen molar-refractivity contribution in [2.75, 3.05) is 0 Å². The molecular formula is C13H24O. The molecule has 1 unspecified atom stereocenters. The Labute approximate surface area is 88.2 Å². The summed E-state index contributed by atoms with van der Waals surface area (Å²) in [6.45, 7) is 9.07. The van der Waals surface area contributed by atoms with Crippen LogP contribution in [0.3, 0.4) is 0 Å². The standard InChI is InChI=1S/C13H24O/c1-5-10-9-11(7-8-12(10)14)13(3,4)6-2/h7-8,10-12,14H,5-6,9H2,1-4H3/t10?,11-,12+/m0/s1. The van der Waals surface area contributed by atoms with Crippen LogP contribution >= 0.6 is 0 Å². The Morgan fingerprint density at radius 2 is 1.93 bits per heavy atom. The predicted octanol–water partition coefficient (Wildman–Crippen LogP) is 3.39. The number of rotatable bonds is 3. The Morgan fingerprint density at radius 1 is 1.29 bits per heavy atom. The maximum Gasteiger partial charge on any atom is 0.0749 e. The van der Waals surface area contributed by atoms with Crippen LogP contribution in [0, 0.1) is 17.3 Å². The average molecular weight is 196 g/mol. The quantitative estimate of drug-likeness (QED) is 0.686. The van der Waals surface area contributed by atoms with Crippen LogP contribution in [-0.4, -0.2) is 11.2 Å². The van der Waals surface area contributed by atoms with Gasteiger partial charge >= 0.3 is 0 Å². The molecule has 3 atom stereocenters. The summed E-state index contributed by atoms with van der Waals surface area (Å²) < 4.78 is 0. The van der Waals surface area contributed by atoms with Crippen molar-refractivity contribution in [1.29, 1.82) is 0 Å². The van der Waals surface area contributed by atoms with Crippen molar-refractivity contribution in [2.24, 2.45) is 17.3 Å². The molecule has 0 spiro atoms. The number of aliphatic hydroxyl groups is 1. The van der Waals surface area contributed by atoms with Gasteiger partial charge in [-0.2, -0.15) is 0 Å². The zero-order chi connectivity index (χ0) is 10.8. The van der Waals surface area contributed by atoms with Crippen LogP contribution in [0.4, 0.5) is 0 Å². The van der Waals surface area contributed by atoms with Crippen LogP contribution in [0.25, 0.3) is 0 Å². The third-order valence-corrected chi connectivity index (χ3v) is 4.02. The molecule has 0 aromatic heterocycles. The van der Waals surface area contributed by atoms with E-state index in [1.807, 2.05) is 6.08 Å². The van der Waals surface area contributed by atoms with Gasteiger partial charge in [0.25, 0.3) is 0 Å². The molecule has 0 radical (unpaired) electrons. The Morgan fingerprint density at radius 3 is 2.43 bits per heavy atom. The van der Waals surface area contributed by atoms with E-state index >= 15 is 0 Å². The second kappa shape index (κ2) is 4.48. The van der Waals surface area contributed by atoms with E-state index in [1.54, 1.807) is 0 Å². The number of hydrogen-bond donors (Lipinski definition) is 1. The van der Waals surface area contributed by atoms with Crippen molar-refractivity contribution in [2.45, 2.75) is 53.1 Å². The Bertz CT molecular complexity index is 205. The Hall–Kier alpha value is -0.300. The minimum Gasteiger partial charge on any atom is -0.389 e. The molecule has 14 heavy (non-hydrogen) atoms. The highest BCUT2D eigenvalue weighted by molar-refractivity contribution is 5.05. The molecule has 82 valence electrons. The van der Waals surface area contributed by atoms with Gasteiger partial charge in [-0.3, -0.25) is 0 Å². The molecule has 0 aromatic rings. The van der Waals surface area contributed by atoms with E-state index in [1.165, 1.54) is 6.42 Å². The highest BCUT2D eigenvalue weighted by Crippen LogP contribution is 2.39. The normalized spacial score (nSPS) is 33.4. The van der Waals surface area contributed by atoms with Crippen molar-refractivity contribution in [3.63, 3.8) is 0 Å². The highest BCUT2D eigenvalue weighted by atomic mass is 16.3. The van der Waals surface area contributed by atoms with E-state index < -0.39 is 0 Å².